The van der Waals surface area contributed by atoms with Gasteiger partial charge >= 0.3 is 0 Å². The van der Waals surface area contributed by atoms with Crippen LogP contribution in [0.2, 0.25) is 0 Å². The standard InChI is InChI=1S/C7H14O6/c8-1-2-3(9)5(11)7(13)6(12)4(2)10/h2-13H,1H2/t2?,3-,4+,5-,6-,7?/m0/s1. The van der Waals surface area contributed by atoms with Gasteiger partial charge < -0.3 is 30.6 Å². The van der Waals surface area contributed by atoms with Gasteiger partial charge in [-0.25, -0.2) is 0 Å². The Bertz CT molecular complexity index is 158. The van der Waals surface area contributed by atoms with Crippen molar-refractivity contribution in [2.75, 3.05) is 6.61 Å². The maximum absolute atomic E-state index is 9.25. The van der Waals surface area contributed by atoms with Crippen LogP contribution in [-0.2, 0) is 0 Å². The average Bonchev–Trinajstić information content (AvgIpc) is 2.13. The summed E-state index contributed by atoms with van der Waals surface area (Å²) in [6, 6.07) is 0. The Balaban J connectivity index is 2.79. The molecule has 6 N–H and O–H groups in total. The van der Waals surface area contributed by atoms with Gasteiger partial charge in [-0.05, 0) is 0 Å². The summed E-state index contributed by atoms with van der Waals surface area (Å²) in [5, 5.41) is 54.6. The van der Waals surface area contributed by atoms with Crippen LogP contribution >= 0.6 is 0 Å². The highest BCUT2D eigenvalue weighted by Crippen LogP contribution is 2.25. The fourth-order valence-electron chi connectivity index (χ4n) is 1.53. The lowest BCUT2D eigenvalue weighted by Crippen LogP contribution is -2.61. The molecule has 0 bridgehead atoms. The number of rotatable bonds is 1. The lowest BCUT2D eigenvalue weighted by Gasteiger charge is -2.41. The van der Waals surface area contributed by atoms with E-state index in [-0.39, 0.29) is 0 Å². The Morgan fingerprint density at radius 1 is 0.615 bits per heavy atom. The lowest BCUT2D eigenvalue weighted by molar-refractivity contribution is -0.209. The van der Waals surface area contributed by atoms with Gasteiger partial charge in [-0.1, -0.05) is 0 Å². The normalized spacial score (nSPS) is 52.2. The van der Waals surface area contributed by atoms with Crippen LogP contribution in [0.5, 0.6) is 0 Å². The summed E-state index contributed by atoms with van der Waals surface area (Å²) in [4.78, 5) is 0. The Morgan fingerprint density at radius 2 is 0.923 bits per heavy atom. The van der Waals surface area contributed by atoms with Crippen molar-refractivity contribution < 1.29 is 30.6 Å². The molecule has 0 aromatic rings. The van der Waals surface area contributed by atoms with Crippen LogP contribution in [0, 0.1) is 5.92 Å². The van der Waals surface area contributed by atoms with Crippen LogP contribution < -0.4 is 0 Å². The van der Waals surface area contributed by atoms with Crippen LogP contribution in [0.3, 0.4) is 0 Å². The van der Waals surface area contributed by atoms with Crippen molar-refractivity contribution >= 4 is 0 Å². The third-order valence-corrected chi connectivity index (χ3v) is 2.49. The minimum atomic E-state index is -1.59. The van der Waals surface area contributed by atoms with Gasteiger partial charge in [0.05, 0.1) is 18.8 Å². The predicted octanol–water partition coefficient (Wildman–Crippen LogP) is -3.59. The summed E-state index contributed by atoms with van der Waals surface area (Å²) in [7, 11) is 0. The highest BCUT2D eigenvalue weighted by atomic mass is 16.4. The van der Waals surface area contributed by atoms with E-state index in [1.165, 1.54) is 0 Å². The smallest absolute Gasteiger partial charge is 0.111 e. The van der Waals surface area contributed by atoms with Gasteiger partial charge in [-0.15, -0.1) is 0 Å². The van der Waals surface area contributed by atoms with Crippen LogP contribution in [-0.4, -0.2) is 67.8 Å². The zero-order valence-corrected chi connectivity index (χ0v) is 6.85. The summed E-state index contributed by atoms with van der Waals surface area (Å²) in [5.74, 6) is -1.03. The molecule has 0 aromatic carbocycles. The molecule has 6 atom stereocenters. The fraction of sp³-hybridized carbons (Fsp3) is 1.00. The molecular formula is C7H14O6. The van der Waals surface area contributed by atoms with E-state index in [9.17, 15) is 10.2 Å². The molecule has 0 radical (unpaired) electrons. The summed E-state index contributed by atoms with van der Waals surface area (Å²) in [6.07, 6.45) is -7.55. The first-order valence-electron chi connectivity index (χ1n) is 4.02. The molecule has 0 spiro atoms. The molecule has 1 rings (SSSR count). The lowest BCUT2D eigenvalue weighted by atomic mass is 9.79. The number of hydrogen-bond acceptors (Lipinski definition) is 6. The molecule has 1 saturated carbocycles. The maximum Gasteiger partial charge on any atom is 0.111 e. The molecule has 2 unspecified atom stereocenters. The van der Waals surface area contributed by atoms with E-state index >= 15 is 0 Å². The van der Waals surface area contributed by atoms with Gasteiger partial charge in [0.1, 0.15) is 18.3 Å². The molecule has 6 nitrogen and oxygen atoms in total. The maximum atomic E-state index is 9.25. The highest BCUT2D eigenvalue weighted by molar-refractivity contribution is 4.97. The van der Waals surface area contributed by atoms with Crippen LogP contribution in [0.25, 0.3) is 0 Å². The number of aliphatic hydroxyl groups is 6. The van der Waals surface area contributed by atoms with Crippen molar-refractivity contribution in [1.82, 2.24) is 0 Å². The minimum Gasteiger partial charge on any atom is -0.396 e. The summed E-state index contributed by atoms with van der Waals surface area (Å²) < 4.78 is 0. The summed E-state index contributed by atoms with van der Waals surface area (Å²) >= 11 is 0. The van der Waals surface area contributed by atoms with E-state index < -0.39 is 43.0 Å². The third-order valence-electron chi connectivity index (χ3n) is 2.49. The van der Waals surface area contributed by atoms with Crippen molar-refractivity contribution in [3.8, 4) is 0 Å². The Kier molecular flexibility index (Phi) is 3.23. The first kappa shape index (κ1) is 10.8. The molecule has 1 fully saturated rings. The molecule has 1 aliphatic rings. The number of hydrogen-bond donors (Lipinski definition) is 6. The first-order valence-corrected chi connectivity index (χ1v) is 4.02. The first-order chi connectivity index (χ1) is 6.00. The Morgan fingerprint density at radius 3 is 1.23 bits per heavy atom. The van der Waals surface area contributed by atoms with Gasteiger partial charge in [0.25, 0.3) is 0 Å². The monoisotopic (exact) mass is 194 g/mol. The molecule has 78 valence electrons. The predicted molar refractivity (Wildman–Crippen MR) is 40.6 cm³/mol. The molecule has 0 saturated heterocycles. The van der Waals surface area contributed by atoms with E-state index in [4.69, 9.17) is 20.4 Å². The van der Waals surface area contributed by atoms with Gasteiger partial charge in [0, 0.05) is 5.92 Å². The number of aliphatic hydroxyl groups excluding tert-OH is 6. The quantitative estimate of drug-likeness (QED) is 0.256. The van der Waals surface area contributed by atoms with Gasteiger partial charge in [0.15, 0.2) is 0 Å². The molecule has 13 heavy (non-hydrogen) atoms. The molecule has 6 heteroatoms. The molecule has 0 aromatic heterocycles. The summed E-state index contributed by atoms with van der Waals surface area (Å²) in [5.41, 5.74) is 0. The topological polar surface area (TPSA) is 121 Å². The Labute approximate surface area is 74.7 Å². The van der Waals surface area contributed by atoms with Crippen molar-refractivity contribution in [1.29, 1.82) is 0 Å². The van der Waals surface area contributed by atoms with Crippen LogP contribution in [0.15, 0.2) is 0 Å². The molecule has 0 amide bonds. The SMILES string of the molecule is OCC1[C@@H](O)[C@H](O)C(O)[C@@H](O)[C@H]1O. The Hall–Kier alpha value is -0.240. The van der Waals surface area contributed by atoms with Crippen molar-refractivity contribution in [3.63, 3.8) is 0 Å². The summed E-state index contributed by atoms with van der Waals surface area (Å²) in [6.45, 7) is -0.566. The van der Waals surface area contributed by atoms with Crippen molar-refractivity contribution in [3.05, 3.63) is 0 Å². The largest absolute Gasteiger partial charge is 0.396 e. The molecule has 1 aliphatic carbocycles. The van der Waals surface area contributed by atoms with E-state index in [0.717, 1.165) is 0 Å². The van der Waals surface area contributed by atoms with E-state index in [1.807, 2.05) is 0 Å². The van der Waals surface area contributed by atoms with Crippen LogP contribution in [0.1, 0.15) is 0 Å². The van der Waals surface area contributed by atoms with Gasteiger partial charge in [-0.3, -0.25) is 0 Å². The molecule has 0 heterocycles. The van der Waals surface area contributed by atoms with E-state index in [1.54, 1.807) is 0 Å². The van der Waals surface area contributed by atoms with E-state index in [0.29, 0.717) is 0 Å². The third kappa shape index (κ3) is 1.69. The second-order valence-electron chi connectivity index (χ2n) is 3.30. The van der Waals surface area contributed by atoms with Gasteiger partial charge in [0.2, 0.25) is 0 Å². The van der Waals surface area contributed by atoms with Crippen LogP contribution in [0.4, 0.5) is 0 Å². The second-order valence-corrected chi connectivity index (χ2v) is 3.30. The zero-order valence-electron chi connectivity index (χ0n) is 6.85. The van der Waals surface area contributed by atoms with E-state index in [2.05, 4.69) is 0 Å². The van der Waals surface area contributed by atoms with Crippen molar-refractivity contribution in [2.45, 2.75) is 30.5 Å². The van der Waals surface area contributed by atoms with Crippen molar-refractivity contribution in [2.24, 2.45) is 5.92 Å². The average molecular weight is 194 g/mol. The zero-order chi connectivity index (χ0) is 10.2. The highest BCUT2D eigenvalue weighted by Gasteiger charge is 2.47. The van der Waals surface area contributed by atoms with Gasteiger partial charge in [-0.2, -0.15) is 0 Å². The second kappa shape index (κ2) is 3.87. The molecular weight excluding hydrogens is 180 g/mol. The molecule has 0 aliphatic heterocycles. The fourth-order valence-corrected chi connectivity index (χ4v) is 1.53. The minimum absolute atomic E-state index is 0.566.